The molecule has 2 aromatic rings. The highest BCUT2D eigenvalue weighted by Crippen LogP contribution is 2.30. The maximum absolute atomic E-state index is 12.5. The predicted octanol–water partition coefficient (Wildman–Crippen LogP) is 1.59. The van der Waals surface area contributed by atoms with Gasteiger partial charge >= 0.3 is 0 Å². The van der Waals surface area contributed by atoms with Crippen LogP contribution in [0, 0.1) is 0 Å². The molecule has 2 heterocycles. The fraction of sp³-hybridized carbons (Fsp3) is 0.600. The standard InChI is InChI=1S/C15H23N7O/c1-10(14-20-17-9-21(14)2)19-15(23)12-8-18-22(13(12)16)11-6-4-3-5-7-11/h8-11H,3-7,16H2,1-2H3,(H,19,23)/t10-/m0/s1. The lowest BCUT2D eigenvalue weighted by Crippen LogP contribution is -2.29. The zero-order valence-electron chi connectivity index (χ0n) is 13.6. The van der Waals surface area contributed by atoms with Crippen molar-refractivity contribution in [2.45, 2.75) is 51.1 Å². The Hall–Kier alpha value is -2.38. The van der Waals surface area contributed by atoms with Gasteiger partial charge in [0.25, 0.3) is 5.91 Å². The highest BCUT2D eigenvalue weighted by Gasteiger charge is 2.23. The van der Waals surface area contributed by atoms with Gasteiger partial charge in [-0.1, -0.05) is 19.3 Å². The summed E-state index contributed by atoms with van der Waals surface area (Å²) in [5.41, 5.74) is 6.59. The van der Waals surface area contributed by atoms with Crippen LogP contribution in [0.5, 0.6) is 0 Å². The number of rotatable bonds is 4. The molecule has 23 heavy (non-hydrogen) atoms. The molecule has 1 amide bonds. The minimum atomic E-state index is -0.257. The number of hydrogen-bond donors (Lipinski definition) is 2. The first-order valence-corrected chi connectivity index (χ1v) is 8.05. The molecule has 0 bridgehead atoms. The molecule has 1 saturated carbocycles. The second kappa shape index (κ2) is 6.39. The summed E-state index contributed by atoms with van der Waals surface area (Å²) in [6, 6.07) is 0.0499. The average molecular weight is 317 g/mol. The largest absolute Gasteiger partial charge is 0.383 e. The summed E-state index contributed by atoms with van der Waals surface area (Å²) in [5, 5.41) is 15.1. The van der Waals surface area contributed by atoms with Crippen LogP contribution < -0.4 is 11.1 Å². The number of nitrogens with two attached hydrogens (primary N) is 1. The van der Waals surface area contributed by atoms with Gasteiger partial charge in [-0.05, 0) is 19.8 Å². The SMILES string of the molecule is C[C@H](NC(=O)c1cnn(C2CCCCC2)c1N)c1nncn1C. The number of nitrogen functional groups attached to an aromatic ring is 1. The molecule has 1 fully saturated rings. The summed E-state index contributed by atoms with van der Waals surface area (Å²) in [6.45, 7) is 1.86. The zero-order valence-corrected chi connectivity index (χ0v) is 13.6. The zero-order chi connectivity index (χ0) is 16.4. The number of aryl methyl sites for hydroxylation is 1. The van der Waals surface area contributed by atoms with Gasteiger partial charge < -0.3 is 15.6 Å². The van der Waals surface area contributed by atoms with Crippen molar-refractivity contribution in [2.24, 2.45) is 7.05 Å². The first-order valence-electron chi connectivity index (χ1n) is 8.05. The van der Waals surface area contributed by atoms with Crippen LogP contribution in [0.4, 0.5) is 5.82 Å². The first-order chi connectivity index (χ1) is 11.1. The molecule has 1 aliphatic rings. The highest BCUT2D eigenvalue weighted by atomic mass is 16.1. The van der Waals surface area contributed by atoms with Gasteiger partial charge in [-0.2, -0.15) is 5.10 Å². The van der Waals surface area contributed by atoms with Crippen LogP contribution in [0.2, 0.25) is 0 Å². The van der Waals surface area contributed by atoms with Crippen molar-refractivity contribution in [2.75, 3.05) is 5.73 Å². The number of hydrogen-bond acceptors (Lipinski definition) is 5. The molecule has 1 atom stereocenters. The maximum atomic E-state index is 12.5. The molecule has 0 unspecified atom stereocenters. The fourth-order valence-electron chi connectivity index (χ4n) is 3.19. The summed E-state index contributed by atoms with van der Waals surface area (Å²) in [4.78, 5) is 12.5. The molecule has 2 aromatic heterocycles. The van der Waals surface area contributed by atoms with Crippen LogP contribution in [-0.4, -0.2) is 30.5 Å². The molecule has 0 saturated heterocycles. The van der Waals surface area contributed by atoms with Crippen molar-refractivity contribution in [1.29, 1.82) is 0 Å². The van der Waals surface area contributed by atoms with E-state index in [9.17, 15) is 4.79 Å². The summed E-state index contributed by atoms with van der Waals surface area (Å²) < 4.78 is 3.58. The molecule has 124 valence electrons. The number of carbonyl (C=O) groups is 1. The van der Waals surface area contributed by atoms with Crippen LogP contribution in [0.25, 0.3) is 0 Å². The highest BCUT2D eigenvalue weighted by molar-refractivity contribution is 5.98. The van der Waals surface area contributed by atoms with Crippen molar-refractivity contribution in [3.8, 4) is 0 Å². The van der Waals surface area contributed by atoms with E-state index < -0.39 is 0 Å². The number of aromatic nitrogens is 5. The number of nitrogens with zero attached hydrogens (tertiary/aromatic N) is 5. The third kappa shape index (κ3) is 3.06. The van der Waals surface area contributed by atoms with Gasteiger partial charge in [0.05, 0.1) is 18.3 Å². The lowest BCUT2D eigenvalue weighted by atomic mass is 9.96. The van der Waals surface area contributed by atoms with E-state index in [1.54, 1.807) is 21.8 Å². The Morgan fingerprint density at radius 2 is 2.13 bits per heavy atom. The van der Waals surface area contributed by atoms with Gasteiger partial charge in [-0.15, -0.1) is 10.2 Å². The predicted molar refractivity (Wildman–Crippen MR) is 85.6 cm³/mol. The quantitative estimate of drug-likeness (QED) is 0.891. The summed E-state index contributed by atoms with van der Waals surface area (Å²) in [7, 11) is 1.84. The lowest BCUT2D eigenvalue weighted by molar-refractivity contribution is 0.0938. The molecule has 3 rings (SSSR count). The Morgan fingerprint density at radius 1 is 1.39 bits per heavy atom. The van der Waals surface area contributed by atoms with Gasteiger partial charge in [0.1, 0.15) is 17.7 Å². The molecule has 0 radical (unpaired) electrons. The molecular formula is C15H23N7O. The van der Waals surface area contributed by atoms with E-state index in [1.165, 1.54) is 19.3 Å². The molecular weight excluding hydrogens is 294 g/mol. The molecule has 0 spiro atoms. The minimum Gasteiger partial charge on any atom is -0.383 e. The smallest absolute Gasteiger partial charge is 0.257 e. The maximum Gasteiger partial charge on any atom is 0.257 e. The number of nitrogens with one attached hydrogen (secondary N) is 1. The van der Waals surface area contributed by atoms with E-state index in [4.69, 9.17) is 5.73 Å². The third-order valence-corrected chi connectivity index (χ3v) is 4.48. The van der Waals surface area contributed by atoms with Crippen LogP contribution >= 0.6 is 0 Å². The van der Waals surface area contributed by atoms with Crippen molar-refractivity contribution >= 4 is 11.7 Å². The lowest BCUT2D eigenvalue weighted by Gasteiger charge is -2.23. The van der Waals surface area contributed by atoms with E-state index in [1.807, 2.05) is 14.0 Å². The topological polar surface area (TPSA) is 104 Å². The fourth-order valence-corrected chi connectivity index (χ4v) is 3.19. The van der Waals surface area contributed by atoms with E-state index in [2.05, 4.69) is 20.6 Å². The number of carbonyl (C=O) groups excluding carboxylic acids is 1. The molecule has 1 aliphatic carbocycles. The van der Waals surface area contributed by atoms with Gasteiger partial charge in [0, 0.05) is 7.05 Å². The van der Waals surface area contributed by atoms with Crippen LogP contribution in [-0.2, 0) is 7.05 Å². The third-order valence-electron chi connectivity index (χ3n) is 4.48. The van der Waals surface area contributed by atoms with Crippen LogP contribution in [0.15, 0.2) is 12.5 Å². The molecule has 3 N–H and O–H groups in total. The van der Waals surface area contributed by atoms with Gasteiger partial charge in [-0.3, -0.25) is 4.79 Å². The van der Waals surface area contributed by atoms with E-state index in [0.717, 1.165) is 12.8 Å². The first kappa shape index (κ1) is 15.5. The molecule has 8 heteroatoms. The number of anilines is 1. The van der Waals surface area contributed by atoms with E-state index in [0.29, 0.717) is 23.2 Å². The Labute approximate surface area is 135 Å². The second-order valence-electron chi connectivity index (χ2n) is 6.18. The van der Waals surface area contributed by atoms with Gasteiger partial charge in [-0.25, -0.2) is 4.68 Å². The Morgan fingerprint density at radius 3 is 2.78 bits per heavy atom. The Bertz CT molecular complexity index is 684. The molecule has 0 aromatic carbocycles. The van der Waals surface area contributed by atoms with E-state index in [-0.39, 0.29) is 11.9 Å². The van der Waals surface area contributed by atoms with Crippen molar-refractivity contribution in [3.63, 3.8) is 0 Å². The monoisotopic (exact) mass is 317 g/mol. The van der Waals surface area contributed by atoms with Crippen LogP contribution in [0.3, 0.4) is 0 Å². The van der Waals surface area contributed by atoms with Crippen molar-refractivity contribution in [1.82, 2.24) is 29.9 Å². The summed E-state index contributed by atoms with van der Waals surface area (Å²) in [5.74, 6) is 0.899. The second-order valence-corrected chi connectivity index (χ2v) is 6.18. The van der Waals surface area contributed by atoms with Crippen molar-refractivity contribution in [3.05, 3.63) is 23.9 Å². The van der Waals surface area contributed by atoms with Crippen LogP contribution in [0.1, 0.15) is 67.3 Å². The minimum absolute atomic E-state index is 0.236. The molecule has 8 nitrogen and oxygen atoms in total. The van der Waals surface area contributed by atoms with Crippen molar-refractivity contribution < 1.29 is 4.79 Å². The normalized spacial score (nSPS) is 17.1. The van der Waals surface area contributed by atoms with E-state index >= 15 is 0 Å². The Kier molecular flexibility index (Phi) is 4.31. The van der Waals surface area contributed by atoms with Gasteiger partial charge in [0.2, 0.25) is 0 Å². The molecule has 0 aliphatic heterocycles. The summed E-state index contributed by atoms with van der Waals surface area (Å²) >= 11 is 0. The Balaban J connectivity index is 1.73. The van der Waals surface area contributed by atoms with Gasteiger partial charge in [0.15, 0.2) is 5.82 Å². The summed E-state index contributed by atoms with van der Waals surface area (Å²) in [6.07, 6.45) is 8.95. The average Bonchev–Trinajstić information content (AvgIpc) is 3.14. The number of amides is 1.